The first kappa shape index (κ1) is 13.0. The summed E-state index contributed by atoms with van der Waals surface area (Å²) in [7, 11) is 0. The van der Waals surface area contributed by atoms with Gasteiger partial charge in [0, 0.05) is 8.95 Å². The first-order valence-corrected chi connectivity index (χ1v) is 6.49. The van der Waals surface area contributed by atoms with E-state index in [0.717, 1.165) is 8.95 Å². The molecule has 0 fully saturated rings. The van der Waals surface area contributed by atoms with Crippen molar-refractivity contribution in [3.8, 4) is 0 Å². The van der Waals surface area contributed by atoms with Crippen molar-refractivity contribution < 1.29 is 4.79 Å². The number of amides is 1. The molecule has 0 aliphatic carbocycles. The maximum Gasteiger partial charge on any atom is 0.276 e. The Morgan fingerprint density at radius 3 is 2.50 bits per heavy atom. The third kappa shape index (κ3) is 2.85. The number of nitrogens with two attached hydrogens (primary N) is 1. The standard InChI is InChI=1S/C11H8Br2N4O/c12-6-2-1-3-7(13)10(6)17-11(18)8-4-15-5-9(14)16-8/h1-5H,(H2,14,16)(H,17,18). The third-order valence-electron chi connectivity index (χ3n) is 2.09. The molecule has 2 rings (SSSR count). The van der Waals surface area contributed by atoms with Crippen molar-refractivity contribution in [2.24, 2.45) is 0 Å². The molecular formula is C11H8Br2N4O. The first-order valence-electron chi connectivity index (χ1n) is 4.91. The van der Waals surface area contributed by atoms with Gasteiger partial charge >= 0.3 is 0 Å². The van der Waals surface area contributed by atoms with Crippen LogP contribution in [0.1, 0.15) is 10.5 Å². The Labute approximate surface area is 120 Å². The second-order valence-corrected chi connectivity index (χ2v) is 5.09. The Morgan fingerprint density at radius 2 is 1.89 bits per heavy atom. The largest absolute Gasteiger partial charge is 0.382 e. The highest BCUT2D eigenvalue weighted by molar-refractivity contribution is 9.11. The van der Waals surface area contributed by atoms with Crippen molar-refractivity contribution in [3.05, 3.63) is 45.2 Å². The van der Waals surface area contributed by atoms with E-state index in [4.69, 9.17) is 5.73 Å². The zero-order valence-electron chi connectivity index (χ0n) is 9.02. The molecule has 0 bridgehead atoms. The number of aromatic nitrogens is 2. The quantitative estimate of drug-likeness (QED) is 0.850. The second kappa shape index (κ2) is 5.45. The number of nitrogen functional groups attached to an aromatic ring is 1. The summed E-state index contributed by atoms with van der Waals surface area (Å²) in [5.41, 5.74) is 6.27. The van der Waals surface area contributed by atoms with E-state index in [1.807, 2.05) is 18.2 Å². The molecule has 1 heterocycles. The van der Waals surface area contributed by atoms with Crippen LogP contribution >= 0.6 is 31.9 Å². The number of hydrogen-bond donors (Lipinski definition) is 2. The van der Waals surface area contributed by atoms with Crippen molar-refractivity contribution in [2.75, 3.05) is 11.1 Å². The first-order chi connectivity index (χ1) is 8.58. The van der Waals surface area contributed by atoms with Crippen LogP contribution in [0.15, 0.2) is 39.5 Å². The fourth-order valence-electron chi connectivity index (χ4n) is 1.29. The van der Waals surface area contributed by atoms with Gasteiger partial charge in [-0.2, -0.15) is 0 Å². The van der Waals surface area contributed by atoms with Crippen LogP contribution in [0, 0.1) is 0 Å². The lowest BCUT2D eigenvalue weighted by atomic mass is 10.3. The number of halogens is 2. The average molecular weight is 372 g/mol. The van der Waals surface area contributed by atoms with Crippen molar-refractivity contribution in [3.63, 3.8) is 0 Å². The number of carbonyl (C=O) groups is 1. The summed E-state index contributed by atoms with van der Waals surface area (Å²) in [6.45, 7) is 0. The molecule has 0 saturated carbocycles. The molecule has 18 heavy (non-hydrogen) atoms. The molecule has 2 aromatic rings. The molecule has 92 valence electrons. The van der Waals surface area contributed by atoms with Gasteiger partial charge in [0.05, 0.1) is 18.1 Å². The minimum absolute atomic E-state index is 0.164. The molecule has 0 aliphatic rings. The maximum absolute atomic E-state index is 12.0. The lowest BCUT2D eigenvalue weighted by molar-refractivity contribution is 0.102. The number of rotatable bonds is 2. The number of carbonyl (C=O) groups excluding carboxylic acids is 1. The zero-order chi connectivity index (χ0) is 13.1. The van der Waals surface area contributed by atoms with Gasteiger partial charge in [0.15, 0.2) is 0 Å². The predicted molar refractivity (Wildman–Crippen MR) is 76.2 cm³/mol. The lowest BCUT2D eigenvalue weighted by Gasteiger charge is -2.08. The topological polar surface area (TPSA) is 80.9 Å². The number of para-hydroxylation sites is 1. The molecule has 3 N–H and O–H groups in total. The molecule has 0 aliphatic heterocycles. The second-order valence-electron chi connectivity index (χ2n) is 3.38. The summed E-state index contributed by atoms with van der Waals surface area (Å²) in [5, 5.41) is 2.73. The fraction of sp³-hybridized carbons (Fsp3) is 0. The van der Waals surface area contributed by atoms with Gasteiger partial charge in [-0.15, -0.1) is 0 Å². The van der Waals surface area contributed by atoms with Crippen LogP contribution in [0.25, 0.3) is 0 Å². The number of hydrogen-bond acceptors (Lipinski definition) is 4. The average Bonchev–Trinajstić information content (AvgIpc) is 2.34. The van der Waals surface area contributed by atoms with E-state index in [0.29, 0.717) is 5.69 Å². The van der Waals surface area contributed by atoms with E-state index in [1.165, 1.54) is 12.4 Å². The highest BCUT2D eigenvalue weighted by Crippen LogP contribution is 2.30. The van der Waals surface area contributed by atoms with Crippen LogP contribution in [0.5, 0.6) is 0 Å². The highest BCUT2D eigenvalue weighted by Gasteiger charge is 2.12. The number of benzene rings is 1. The molecule has 0 radical (unpaired) electrons. The van der Waals surface area contributed by atoms with Gasteiger partial charge in [0.2, 0.25) is 0 Å². The number of anilines is 2. The minimum atomic E-state index is -0.373. The third-order valence-corrected chi connectivity index (χ3v) is 3.41. The van der Waals surface area contributed by atoms with E-state index in [9.17, 15) is 4.79 Å². The number of nitrogens with zero attached hydrogens (tertiary/aromatic N) is 2. The highest BCUT2D eigenvalue weighted by atomic mass is 79.9. The molecule has 0 spiro atoms. The van der Waals surface area contributed by atoms with Gasteiger partial charge in [-0.25, -0.2) is 4.98 Å². The van der Waals surface area contributed by atoms with Gasteiger partial charge in [0.25, 0.3) is 5.91 Å². The van der Waals surface area contributed by atoms with Gasteiger partial charge in [0.1, 0.15) is 11.5 Å². The molecule has 7 heteroatoms. The van der Waals surface area contributed by atoms with Gasteiger partial charge in [-0.1, -0.05) is 6.07 Å². The Hall–Kier alpha value is -1.47. The summed E-state index contributed by atoms with van der Waals surface area (Å²) in [6, 6.07) is 5.50. The van der Waals surface area contributed by atoms with Crippen LogP contribution in [-0.2, 0) is 0 Å². The zero-order valence-corrected chi connectivity index (χ0v) is 12.2. The summed E-state index contributed by atoms with van der Waals surface area (Å²) in [4.78, 5) is 19.7. The Bertz CT molecular complexity index is 583. The molecule has 0 unspecified atom stereocenters. The summed E-state index contributed by atoms with van der Waals surface area (Å²) < 4.78 is 1.53. The number of nitrogens with one attached hydrogen (secondary N) is 1. The predicted octanol–water partition coefficient (Wildman–Crippen LogP) is 2.84. The van der Waals surface area contributed by atoms with Crippen LogP contribution in [0.4, 0.5) is 11.5 Å². The fourth-order valence-corrected chi connectivity index (χ4v) is 2.48. The smallest absolute Gasteiger partial charge is 0.276 e. The van der Waals surface area contributed by atoms with E-state index >= 15 is 0 Å². The normalized spacial score (nSPS) is 10.1. The van der Waals surface area contributed by atoms with Crippen LogP contribution in [-0.4, -0.2) is 15.9 Å². The Morgan fingerprint density at radius 1 is 1.22 bits per heavy atom. The van der Waals surface area contributed by atoms with Crippen LogP contribution in [0.3, 0.4) is 0 Å². The summed E-state index contributed by atoms with van der Waals surface area (Å²) >= 11 is 6.71. The molecular weight excluding hydrogens is 364 g/mol. The molecule has 1 aromatic heterocycles. The van der Waals surface area contributed by atoms with Gasteiger partial charge in [-0.05, 0) is 44.0 Å². The van der Waals surface area contributed by atoms with E-state index in [-0.39, 0.29) is 17.4 Å². The Balaban J connectivity index is 2.27. The van der Waals surface area contributed by atoms with Crippen molar-refractivity contribution >= 4 is 49.3 Å². The summed E-state index contributed by atoms with van der Waals surface area (Å²) in [6.07, 6.45) is 2.74. The van der Waals surface area contributed by atoms with E-state index < -0.39 is 0 Å². The van der Waals surface area contributed by atoms with E-state index in [1.54, 1.807) is 0 Å². The molecule has 1 amide bonds. The van der Waals surface area contributed by atoms with Crippen molar-refractivity contribution in [2.45, 2.75) is 0 Å². The van der Waals surface area contributed by atoms with Crippen molar-refractivity contribution in [1.29, 1.82) is 0 Å². The van der Waals surface area contributed by atoms with Gasteiger partial charge < -0.3 is 11.1 Å². The molecule has 0 saturated heterocycles. The van der Waals surface area contributed by atoms with Gasteiger partial charge in [-0.3, -0.25) is 9.78 Å². The van der Waals surface area contributed by atoms with E-state index in [2.05, 4.69) is 47.1 Å². The lowest BCUT2D eigenvalue weighted by Crippen LogP contribution is -2.15. The minimum Gasteiger partial charge on any atom is -0.382 e. The summed E-state index contributed by atoms with van der Waals surface area (Å²) in [5.74, 6) is -0.170. The SMILES string of the molecule is Nc1cncc(C(=O)Nc2c(Br)cccc2Br)n1. The molecule has 0 atom stereocenters. The van der Waals surface area contributed by atoms with Crippen molar-refractivity contribution in [1.82, 2.24) is 9.97 Å². The maximum atomic E-state index is 12.0. The van der Waals surface area contributed by atoms with Crippen LogP contribution in [0.2, 0.25) is 0 Å². The van der Waals surface area contributed by atoms with Crippen LogP contribution < -0.4 is 11.1 Å². The molecule has 1 aromatic carbocycles. The molecule has 5 nitrogen and oxygen atoms in total. The Kier molecular flexibility index (Phi) is 3.93. The monoisotopic (exact) mass is 370 g/mol.